The van der Waals surface area contributed by atoms with Gasteiger partial charge in [-0.2, -0.15) is 0 Å². The highest BCUT2D eigenvalue weighted by molar-refractivity contribution is 6.31. The molecule has 0 aliphatic carbocycles. The van der Waals surface area contributed by atoms with Crippen molar-refractivity contribution in [3.05, 3.63) is 34.3 Å². The number of nitrogens with one attached hydrogen (secondary N) is 1. The molecule has 1 rings (SSSR count). The van der Waals surface area contributed by atoms with E-state index in [4.69, 9.17) is 27.9 Å². The highest BCUT2D eigenvalue weighted by Crippen LogP contribution is 2.20. The summed E-state index contributed by atoms with van der Waals surface area (Å²) in [4.78, 5) is 2.25. The molecule has 4 N–H and O–H groups in total. The van der Waals surface area contributed by atoms with Crippen LogP contribution in [-0.4, -0.2) is 35.0 Å². The highest BCUT2D eigenvalue weighted by Gasteiger charge is 2.12. The second-order valence-corrected chi connectivity index (χ2v) is 5.27. The zero-order chi connectivity index (χ0) is 14.4. The lowest BCUT2D eigenvalue weighted by atomic mass is 10.1. The summed E-state index contributed by atoms with van der Waals surface area (Å²) in [5.41, 5.74) is 7.09. The maximum absolute atomic E-state index is 8.92. The number of benzene rings is 1. The molecule has 0 aromatic heterocycles. The Morgan fingerprint density at radius 3 is 2.63 bits per heavy atom. The van der Waals surface area contributed by atoms with Crippen LogP contribution in [0.3, 0.4) is 0 Å². The van der Waals surface area contributed by atoms with Gasteiger partial charge in [0.15, 0.2) is 0 Å². The van der Waals surface area contributed by atoms with E-state index in [0.717, 1.165) is 25.1 Å². The van der Waals surface area contributed by atoms with Crippen molar-refractivity contribution >= 4 is 17.4 Å². The van der Waals surface area contributed by atoms with Crippen molar-refractivity contribution < 1.29 is 5.11 Å². The van der Waals surface area contributed by atoms with Gasteiger partial charge in [-0.05, 0) is 31.9 Å². The van der Waals surface area contributed by atoms with Gasteiger partial charge in [0, 0.05) is 36.3 Å². The van der Waals surface area contributed by atoms with Gasteiger partial charge in [-0.3, -0.25) is 10.3 Å². The first-order valence-electron chi connectivity index (χ1n) is 6.43. The molecule has 5 heteroatoms. The summed E-state index contributed by atoms with van der Waals surface area (Å²) in [6, 6.07) is 5.83. The van der Waals surface area contributed by atoms with Crippen LogP contribution in [0.15, 0.2) is 18.2 Å². The van der Waals surface area contributed by atoms with Crippen LogP contribution in [0.2, 0.25) is 5.02 Å². The minimum Gasteiger partial charge on any atom is -0.396 e. The summed E-state index contributed by atoms with van der Waals surface area (Å²) < 4.78 is 0. The zero-order valence-electron chi connectivity index (χ0n) is 11.5. The SMILES string of the molecule is CC(C)N(CCCO)Cc1ccc(C(=N)N)cc1Cl. The van der Waals surface area contributed by atoms with E-state index in [1.54, 1.807) is 6.07 Å². The minimum atomic E-state index is 0.0226. The quantitative estimate of drug-likeness (QED) is 0.531. The highest BCUT2D eigenvalue weighted by atomic mass is 35.5. The number of hydrogen-bond acceptors (Lipinski definition) is 3. The molecule has 0 amide bonds. The third-order valence-corrected chi connectivity index (χ3v) is 3.42. The Morgan fingerprint density at radius 2 is 2.16 bits per heavy atom. The van der Waals surface area contributed by atoms with Crippen molar-refractivity contribution in [2.24, 2.45) is 5.73 Å². The number of halogens is 1. The van der Waals surface area contributed by atoms with Crippen LogP contribution >= 0.6 is 11.6 Å². The van der Waals surface area contributed by atoms with Crippen LogP contribution in [0.4, 0.5) is 0 Å². The van der Waals surface area contributed by atoms with Crippen LogP contribution in [0.25, 0.3) is 0 Å². The minimum absolute atomic E-state index is 0.0226. The Morgan fingerprint density at radius 1 is 1.47 bits per heavy atom. The largest absolute Gasteiger partial charge is 0.396 e. The lowest BCUT2D eigenvalue weighted by Gasteiger charge is -2.26. The number of nitrogens with zero attached hydrogens (tertiary/aromatic N) is 1. The average molecular weight is 284 g/mol. The standard InChI is InChI=1S/C14H22ClN3O/c1-10(2)18(6-3-7-19)9-12-5-4-11(14(16)17)8-13(12)15/h4-5,8,10,19H,3,6-7,9H2,1-2H3,(H3,16,17). The number of hydrogen-bond donors (Lipinski definition) is 3. The van der Waals surface area contributed by atoms with E-state index in [1.165, 1.54) is 0 Å². The molecule has 0 fully saturated rings. The molecule has 1 aromatic rings. The van der Waals surface area contributed by atoms with Gasteiger partial charge in [0.1, 0.15) is 5.84 Å². The van der Waals surface area contributed by atoms with Crippen molar-refractivity contribution in [1.82, 2.24) is 4.90 Å². The van der Waals surface area contributed by atoms with Gasteiger partial charge in [0.25, 0.3) is 0 Å². The summed E-state index contributed by atoms with van der Waals surface area (Å²) in [7, 11) is 0. The Kier molecular flexibility index (Phi) is 6.28. The van der Waals surface area contributed by atoms with Crippen molar-refractivity contribution in [2.75, 3.05) is 13.2 Å². The molecule has 0 bridgehead atoms. The number of aliphatic hydroxyl groups excluding tert-OH is 1. The summed E-state index contributed by atoms with van der Waals surface area (Å²) in [5.74, 6) is 0.0226. The van der Waals surface area contributed by atoms with Crippen molar-refractivity contribution in [3.63, 3.8) is 0 Å². The van der Waals surface area contributed by atoms with Gasteiger partial charge in [0.2, 0.25) is 0 Å². The molecule has 0 aliphatic rings. The van der Waals surface area contributed by atoms with Gasteiger partial charge in [-0.1, -0.05) is 23.7 Å². The van der Waals surface area contributed by atoms with Crippen LogP contribution in [0, 0.1) is 5.41 Å². The number of aliphatic hydroxyl groups is 1. The summed E-state index contributed by atoms with van der Waals surface area (Å²) >= 11 is 6.23. The smallest absolute Gasteiger partial charge is 0.122 e. The Bertz CT molecular complexity index is 435. The first-order chi connectivity index (χ1) is 8.95. The molecule has 0 atom stereocenters. The number of nitrogen functional groups attached to an aromatic ring is 1. The Hall–Kier alpha value is -1.10. The van der Waals surface area contributed by atoms with E-state index in [9.17, 15) is 0 Å². The fourth-order valence-corrected chi connectivity index (χ4v) is 2.10. The van der Waals surface area contributed by atoms with Crippen LogP contribution in [-0.2, 0) is 6.54 Å². The molecular weight excluding hydrogens is 262 g/mol. The molecular formula is C14H22ClN3O. The van der Waals surface area contributed by atoms with E-state index < -0.39 is 0 Å². The zero-order valence-corrected chi connectivity index (χ0v) is 12.2. The molecule has 0 spiro atoms. The third-order valence-electron chi connectivity index (χ3n) is 3.07. The lowest BCUT2D eigenvalue weighted by Crippen LogP contribution is -2.31. The number of rotatable bonds is 7. The van der Waals surface area contributed by atoms with E-state index >= 15 is 0 Å². The van der Waals surface area contributed by atoms with Crippen LogP contribution in [0.5, 0.6) is 0 Å². The maximum atomic E-state index is 8.92. The predicted octanol–water partition coefficient (Wildman–Crippen LogP) is 2.22. The molecule has 106 valence electrons. The summed E-state index contributed by atoms with van der Waals surface area (Å²) in [6.07, 6.45) is 0.751. The fourth-order valence-electron chi connectivity index (χ4n) is 1.86. The lowest BCUT2D eigenvalue weighted by molar-refractivity contribution is 0.185. The second kappa shape index (κ2) is 7.48. The van der Waals surface area contributed by atoms with Gasteiger partial charge in [0.05, 0.1) is 0 Å². The van der Waals surface area contributed by atoms with Gasteiger partial charge < -0.3 is 10.8 Å². The van der Waals surface area contributed by atoms with Gasteiger partial charge >= 0.3 is 0 Å². The second-order valence-electron chi connectivity index (χ2n) is 4.86. The topological polar surface area (TPSA) is 73.3 Å². The van der Waals surface area contributed by atoms with Crippen molar-refractivity contribution in [3.8, 4) is 0 Å². The summed E-state index contributed by atoms with van der Waals surface area (Å²) in [5, 5.41) is 16.9. The fraction of sp³-hybridized carbons (Fsp3) is 0.500. The average Bonchev–Trinajstić information content (AvgIpc) is 2.35. The normalized spacial score (nSPS) is 11.3. The third kappa shape index (κ3) is 4.82. The molecule has 0 radical (unpaired) electrons. The van der Waals surface area contributed by atoms with Crippen molar-refractivity contribution in [1.29, 1.82) is 5.41 Å². The van der Waals surface area contributed by atoms with E-state index in [2.05, 4.69) is 18.7 Å². The molecule has 0 aliphatic heterocycles. The van der Waals surface area contributed by atoms with Gasteiger partial charge in [-0.15, -0.1) is 0 Å². The molecule has 0 unspecified atom stereocenters. The van der Waals surface area contributed by atoms with Crippen LogP contribution < -0.4 is 5.73 Å². The summed E-state index contributed by atoms with van der Waals surface area (Å²) in [6.45, 7) is 6.00. The van der Waals surface area contributed by atoms with Crippen molar-refractivity contribution in [2.45, 2.75) is 32.9 Å². The van der Waals surface area contributed by atoms with E-state index in [-0.39, 0.29) is 12.4 Å². The molecule has 0 saturated carbocycles. The molecule has 0 saturated heterocycles. The molecule has 4 nitrogen and oxygen atoms in total. The molecule has 0 heterocycles. The van der Waals surface area contributed by atoms with E-state index in [0.29, 0.717) is 16.6 Å². The monoisotopic (exact) mass is 283 g/mol. The van der Waals surface area contributed by atoms with E-state index in [1.807, 2.05) is 12.1 Å². The maximum Gasteiger partial charge on any atom is 0.122 e. The molecule has 1 aromatic carbocycles. The Labute approximate surface area is 119 Å². The Balaban J connectivity index is 2.81. The first kappa shape index (κ1) is 16.0. The molecule has 19 heavy (non-hydrogen) atoms. The first-order valence-corrected chi connectivity index (χ1v) is 6.81. The van der Waals surface area contributed by atoms with Crippen LogP contribution in [0.1, 0.15) is 31.4 Å². The van der Waals surface area contributed by atoms with Gasteiger partial charge in [-0.25, -0.2) is 0 Å². The predicted molar refractivity (Wildman–Crippen MR) is 79.7 cm³/mol. The number of amidine groups is 1. The number of nitrogens with two attached hydrogens (primary N) is 1.